The molecular weight excluding hydrogens is 228 g/mol. The Hall–Kier alpha value is -1.22. The van der Waals surface area contributed by atoms with Gasteiger partial charge in [0.25, 0.3) is 0 Å². The zero-order chi connectivity index (χ0) is 12.5. The van der Waals surface area contributed by atoms with Gasteiger partial charge in [-0.3, -0.25) is 4.79 Å². The lowest BCUT2D eigenvalue weighted by Gasteiger charge is -2.19. The summed E-state index contributed by atoms with van der Waals surface area (Å²) in [5, 5.41) is 19.1. The Bertz CT molecular complexity index is 413. The molecule has 0 heterocycles. The van der Waals surface area contributed by atoms with Gasteiger partial charge in [0.1, 0.15) is 5.75 Å². The molecular formula is C12H15ClO3. The first-order valence-corrected chi connectivity index (χ1v) is 5.44. The molecule has 0 radical (unpaired) electrons. The predicted octanol–water partition coefficient (Wildman–Crippen LogP) is 3.18. The van der Waals surface area contributed by atoms with Gasteiger partial charge in [0, 0.05) is 5.56 Å². The fourth-order valence-corrected chi connectivity index (χ4v) is 2.06. The van der Waals surface area contributed by atoms with Crippen LogP contribution in [0.3, 0.4) is 0 Å². The molecule has 88 valence electrons. The average Bonchev–Trinajstić information content (AvgIpc) is 2.12. The van der Waals surface area contributed by atoms with E-state index in [4.69, 9.17) is 16.7 Å². The first-order chi connectivity index (χ1) is 7.34. The summed E-state index contributed by atoms with van der Waals surface area (Å²) in [7, 11) is 0. The third-order valence-corrected chi connectivity index (χ3v) is 2.79. The monoisotopic (exact) mass is 242 g/mol. The van der Waals surface area contributed by atoms with E-state index in [2.05, 4.69) is 0 Å². The summed E-state index contributed by atoms with van der Waals surface area (Å²) in [5.74, 6) is -1.93. The summed E-state index contributed by atoms with van der Waals surface area (Å²) in [6, 6.07) is 3.28. The SMILES string of the molecule is Cc1cc(Cl)c(O)c(C(C(=O)O)C(C)C)c1. The van der Waals surface area contributed by atoms with Gasteiger partial charge in [-0.1, -0.05) is 31.5 Å². The Kier molecular flexibility index (Phi) is 3.81. The van der Waals surface area contributed by atoms with Gasteiger partial charge in [-0.2, -0.15) is 0 Å². The maximum Gasteiger partial charge on any atom is 0.311 e. The zero-order valence-electron chi connectivity index (χ0n) is 9.49. The molecule has 0 aliphatic rings. The van der Waals surface area contributed by atoms with E-state index in [1.54, 1.807) is 26.0 Å². The summed E-state index contributed by atoms with van der Waals surface area (Å²) in [6.07, 6.45) is 0. The minimum atomic E-state index is -0.952. The Balaban J connectivity index is 3.34. The third kappa shape index (κ3) is 2.47. The Labute approximate surface area is 99.7 Å². The second-order valence-corrected chi connectivity index (χ2v) is 4.65. The van der Waals surface area contributed by atoms with Gasteiger partial charge >= 0.3 is 5.97 Å². The molecule has 0 bridgehead atoms. The topological polar surface area (TPSA) is 57.5 Å². The maximum atomic E-state index is 11.2. The van der Waals surface area contributed by atoms with Crippen molar-refractivity contribution in [1.82, 2.24) is 0 Å². The number of aromatic hydroxyl groups is 1. The number of carboxylic acids is 1. The van der Waals surface area contributed by atoms with Crippen LogP contribution in [0.4, 0.5) is 0 Å². The van der Waals surface area contributed by atoms with Crippen molar-refractivity contribution in [3.8, 4) is 5.75 Å². The largest absolute Gasteiger partial charge is 0.506 e. The quantitative estimate of drug-likeness (QED) is 0.856. The molecule has 0 aliphatic carbocycles. The van der Waals surface area contributed by atoms with Crippen LogP contribution < -0.4 is 0 Å². The summed E-state index contributed by atoms with van der Waals surface area (Å²) in [5.41, 5.74) is 1.22. The van der Waals surface area contributed by atoms with Crippen molar-refractivity contribution < 1.29 is 15.0 Å². The van der Waals surface area contributed by atoms with Gasteiger partial charge in [-0.15, -0.1) is 0 Å². The van der Waals surface area contributed by atoms with Crippen LogP contribution in [-0.4, -0.2) is 16.2 Å². The van der Waals surface area contributed by atoms with Crippen LogP contribution in [0.15, 0.2) is 12.1 Å². The molecule has 16 heavy (non-hydrogen) atoms. The fraction of sp³-hybridized carbons (Fsp3) is 0.417. The number of aliphatic carboxylic acids is 1. The molecule has 2 N–H and O–H groups in total. The van der Waals surface area contributed by atoms with E-state index in [1.165, 1.54) is 0 Å². The smallest absolute Gasteiger partial charge is 0.311 e. The molecule has 0 amide bonds. The zero-order valence-corrected chi connectivity index (χ0v) is 10.2. The summed E-state index contributed by atoms with van der Waals surface area (Å²) < 4.78 is 0. The van der Waals surface area contributed by atoms with Crippen molar-refractivity contribution in [2.75, 3.05) is 0 Å². The lowest BCUT2D eigenvalue weighted by Crippen LogP contribution is -2.17. The van der Waals surface area contributed by atoms with Crippen LogP contribution in [0.2, 0.25) is 5.02 Å². The molecule has 1 aromatic rings. The molecule has 0 aliphatic heterocycles. The highest BCUT2D eigenvalue weighted by molar-refractivity contribution is 6.32. The first-order valence-electron chi connectivity index (χ1n) is 5.06. The number of phenolic OH excluding ortho intramolecular Hbond substituents is 1. The fourth-order valence-electron chi connectivity index (χ4n) is 1.78. The standard InChI is InChI=1S/C12H15ClO3/c1-6(2)10(12(15)16)8-4-7(3)5-9(13)11(8)14/h4-6,10,14H,1-3H3,(H,15,16). The number of halogens is 1. The minimum Gasteiger partial charge on any atom is -0.506 e. The van der Waals surface area contributed by atoms with E-state index >= 15 is 0 Å². The molecule has 0 fully saturated rings. The lowest BCUT2D eigenvalue weighted by atomic mass is 9.87. The molecule has 1 aromatic carbocycles. The predicted molar refractivity (Wildman–Crippen MR) is 63.1 cm³/mol. The highest BCUT2D eigenvalue weighted by Gasteiger charge is 2.27. The van der Waals surface area contributed by atoms with Crippen LogP contribution in [0.5, 0.6) is 5.75 Å². The van der Waals surface area contributed by atoms with Crippen LogP contribution in [0.1, 0.15) is 30.9 Å². The second-order valence-electron chi connectivity index (χ2n) is 4.24. The van der Waals surface area contributed by atoms with Crippen LogP contribution in [0.25, 0.3) is 0 Å². The van der Waals surface area contributed by atoms with Gasteiger partial charge in [-0.05, 0) is 24.5 Å². The molecule has 0 saturated heterocycles. The van der Waals surface area contributed by atoms with Crippen molar-refractivity contribution in [1.29, 1.82) is 0 Å². The summed E-state index contributed by atoms with van der Waals surface area (Å²) in [4.78, 5) is 11.2. The van der Waals surface area contributed by atoms with Gasteiger partial charge in [-0.25, -0.2) is 0 Å². The van der Waals surface area contributed by atoms with E-state index in [0.717, 1.165) is 5.56 Å². The molecule has 0 aromatic heterocycles. The number of carboxylic acid groups (broad SMARTS) is 1. The van der Waals surface area contributed by atoms with Crippen molar-refractivity contribution >= 4 is 17.6 Å². The molecule has 1 rings (SSSR count). The van der Waals surface area contributed by atoms with Gasteiger partial charge in [0.15, 0.2) is 0 Å². The van der Waals surface area contributed by atoms with E-state index < -0.39 is 11.9 Å². The number of rotatable bonds is 3. The number of aryl methyl sites for hydroxylation is 1. The molecule has 4 heteroatoms. The minimum absolute atomic E-state index is 0.110. The Morgan fingerprint density at radius 2 is 1.94 bits per heavy atom. The van der Waals surface area contributed by atoms with E-state index in [-0.39, 0.29) is 16.7 Å². The van der Waals surface area contributed by atoms with Crippen LogP contribution >= 0.6 is 11.6 Å². The van der Waals surface area contributed by atoms with Gasteiger partial charge in [0.05, 0.1) is 10.9 Å². The van der Waals surface area contributed by atoms with Crippen molar-refractivity contribution in [2.45, 2.75) is 26.7 Å². The summed E-state index contributed by atoms with van der Waals surface area (Å²) >= 11 is 5.83. The second kappa shape index (κ2) is 4.74. The summed E-state index contributed by atoms with van der Waals surface area (Å²) in [6.45, 7) is 5.41. The molecule has 0 spiro atoms. The maximum absolute atomic E-state index is 11.2. The van der Waals surface area contributed by atoms with Crippen LogP contribution in [0, 0.1) is 12.8 Å². The molecule has 1 unspecified atom stereocenters. The van der Waals surface area contributed by atoms with Gasteiger partial charge in [0.2, 0.25) is 0 Å². The average molecular weight is 243 g/mol. The number of carbonyl (C=O) groups is 1. The van der Waals surface area contributed by atoms with Crippen molar-refractivity contribution in [2.24, 2.45) is 5.92 Å². The van der Waals surface area contributed by atoms with E-state index in [1.807, 2.05) is 6.92 Å². The first kappa shape index (κ1) is 12.8. The molecule has 0 saturated carbocycles. The normalized spacial score (nSPS) is 12.8. The highest BCUT2D eigenvalue weighted by Crippen LogP contribution is 2.37. The van der Waals surface area contributed by atoms with E-state index in [9.17, 15) is 9.90 Å². The number of hydrogen-bond acceptors (Lipinski definition) is 2. The Morgan fingerprint density at radius 1 is 1.38 bits per heavy atom. The van der Waals surface area contributed by atoms with Gasteiger partial charge < -0.3 is 10.2 Å². The number of hydrogen-bond donors (Lipinski definition) is 2. The van der Waals surface area contributed by atoms with Crippen LogP contribution in [-0.2, 0) is 4.79 Å². The Morgan fingerprint density at radius 3 is 2.38 bits per heavy atom. The molecule has 3 nitrogen and oxygen atoms in total. The lowest BCUT2D eigenvalue weighted by molar-refractivity contribution is -0.139. The number of phenols is 1. The van der Waals surface area contributed by atoms with Crippen molar-refractivity contribution in [3.63, 3.8) is 0 Å². The highest BCUT2D eigenvalue weighted by atomic mass is 35.5. The van der Waals surface area contributed by atoms with Crippen molar-refractivity contribution in [3.05, 3.63) is 28.3 Å². The molecule has 1 atom stereocenters. The van der Waals surface area contributed by atoms with E-state index in [0.29, 0.717) is 5.56 Å². The number of benzene rings is 1. The third-order valence-electron chi connectivity index (χ3n) is 2.51.